The molecule has 125 valence electrons. The number of hydrogen-bond acceptors (Lipinski definition) is 2. The van der Waals surface area contributed by atoms with Crippen molar-refractivity contribution in [3.05, 3.63) is 35.9 Å². The lowest BCUT2D eigenvalue weighted by molar-refractivity contribution is -0.299. The van der Waals surface area contributed by atoms with Crippen LogP contribution in [0.15, 0.2) is 30.3 Å². The second-order valence-electron chi connectivity index (χ2n) is 7.72. The van der Waals surface area contributed by atoms with Crippen molar-refractivity contribution >= 4 is 5.91 Å². The molecule has 0 aromatic heterocycles. The minimum atomic E-state index is -0.844. The zero-order chi connectivity index (χ0) is 16.7. The van der Waals surface area contributed by atoms with Gasteiger partial charge in [0.1, 0.15) is 5.54 Å². The normalized spacial score (nSPS) is 25.6. The third kappa shape index (κ3) is 2.68. The molecule has 1 aromatic carbocycles. The molecule has 1 heterocycles. The fraction of sp³-hybridized carbons (Fsp3) is 0.632. The molecule has 1 amide bonds. The van der Waals surface area contributed by atoms with Crippen LogP contribution in [0.2, 0.25) is 0 Å². The van der Waals surface area contributed by atoms with Crippen LogP contribution in [0, 0.1) is 0 Å². The molecule has 1 aromatic rings. The van der Waals surface area contributed by atoms with E-state index in [-0.39, 0.29) is 11.9 Å². The number of amides is 1. The van der Waals surface area contributed by atoms with E-state index in [1.54, 1.807) is 0 Å². The Bertz CT molecular complexity index is 564. The van der Waals surface area contributed by atoms with Gasteiger partial charge in [-0.15, -0.1) is 10.3 Å². The first-order chi connectivity index (χ1) is 10.9. The molecule has 1 aliphatic carbocycles. The highest BCUT2D eigenvalue weighted by molar-refractivity contribution is 5.88. The van der Waals surface area contributed by atoms with Crippen molar-refractivity contribution < 1.29 is 10.0 Å². The predicted octanol–water partition coefficient (Wildman–Crippen LogP) is 3.72. The Hall–Kier alpha value is -1.39. The second-order valence-corrected chi connectivity index (χ2v) is 7.72. The largest absolute Gasteiger partial charge is 0.332 e. The summed E-state index contributed by atoms with van der Waals surface area (Å²) in [5.74, 6) is 0.0304. The molecule has 4 heteroatoms. The van der Waals surface area contributed by atoms with Crippen molar-refractivity contribution in [3.63, 3.8) is 0 Å². The van der Waals surface area contributed by atoms with Crippen LogP contribution in [0.1, 0.15) is 64.5 Å². The maximum absolute atomic E-state index is 13.3. The third-order valence-corrected chi connectivity index (χ3v) is 5.58. The molecule has 3 rings (SSSR count). The van der Waals surface area contributed by atoms with E-state index in [4.69, 9.17) is 0 Å². The molecular weight excluding hydrogens is 288 g/mol. The van der Waals surface area contributed by atoms with E-state index in [1.165, 1.54) is 0 Å². The van der Waals surface area contributed by atoms with E-state index in [1.807, 2.05) is 36.9 Å². The molecule has 1 saturated heterocycles. The first-order valence-corrected chi connectivity index (χ1v) is 8.72. The maximum Gasteiger partial charge on any atom is 0.246 e. The lowest BCUT2D eigenvalue weighted by Gasteiger charge is -2.55. The number of benzene rings is 1. The maximum atomic E-state index is 13.3. The van der Waals surface area contributed by atoms with Crippen LogP contribution in [0.25, 0.3) is 0 Å². The first kappa shape index (κ1) is 16.5. The molecule has 2 fully saturated rings. The molecule has 1 atom stereocenters. The third-order valence-electron chi connectivity index (χ3n) is 5.58. The molecule has 0 N–H and O–H groups in total. The Morgan fingerprint density at radius 3 is 2.26 bits per heavy atom. The van der Waals surface area contributed by atoms with Gasteiger partial charge in [-0.3, -0.25) is 4.79 Å². The van der Waals surface area contributed by atoms with Gasteiger partial charge in [-0.25, -0.2) is 0 Å². The molecule has 2 aliphatic rings. The van der Waals surface area contributed by atoms with E-state index in [9.17, 15) is 10.0 Å². The standard InChI is InChI=1S/C19H27N2O2/c1-15(16-10-6-4-7-11-16)20-14-18(2,3)21(23)19(17(20)22)12-8-5-9-13-19/h4,6-7,10-11,15H,5,8-9,12-14H2,1-3H3/t15-/m0/s1. The average Bonchev–Trinajstić information content (AvgIpc) is 2.58. The summed E-state index contributed by atoms with van der Waals surface area (Å²) in [5, 5.41) is 14.1. The lowest BCUT2D eigenvalue weighted by Crippen LogP contribution is -2.72. The number of carbonyl (C=O) groups excluding carboxylic acids is 1. The van der Waals surface area contributed by atoms with Crippen LogP contribution in [-0.4, -0.2) is 33.5 Å². The average molecular weight is 315 g/mol. The number of hydroxylamine groups is 2. The van der Waals surface area contributed by atoms with Crippen LogP contribution >= 0.6 is 0 Å². The SMILES string of the molecule is C[C@@H](c1ccccc1)N1CC(C)(C)N([O])C2(CCCCC2)C1=O. The zero-order valence-electron chi connectivity index (χ0n) is 14.4. The van der Waals surface area contributed by atoms with Crippen molar-refractivity contribution in [2.45, 2.75) is 70.0 Å². The van der Waals surface area contributed by atoms with Crippen LogP contribution in [0.3, 0.4) is 0 Å². The number of piperazine rings is 1. The van der Waals surface area contributed by atoms with Gasteiger partial charge in [-0.05, 0) is 39.2 Å². The molecule has 1 spiro atoms. The van der Waals surface area contributed by atoms with Gasteiger partial charge >= 0.3 is 0 Å². The molecular formula is C19H27N2O2. The molecule has 1 aliphatic heterocycles. The van der Waals surface area contributed by atoms with Crippen molar-refractivity contribution in [2.75, 3.05) is 6.54 Å². The van der Waals surface area contributed by atoms with Crippen LogP contribution in [-0.2, 0) is 10.0 Å². The van der Waals surface area contributed by atoms with Crippen molar-refractivity contribution in [3.8, 4) is 0 Å². The quantitative estimate of drug-likeness (QED) is 0.835. The van der Waals surface area contributed by atoms with Crippen LogP contribution in [0.4, 0.5) is 0 Å². The van der Waals surface area contributed by atoms with Crippen molar-refractivity contribution in [1.29, 1.82) is 0 Å². The van der Waals surface area contributed by atoms with Gasteiger partial charge in [0, 0.05) is 6.54 Å². The summed E-state index contributed by atoms with van der Waals surface area (Å²) in [6.07, 6.45) is 4.44. The second kappa shape index (κ2) is 5.91. The van der Waals surface area contributed by atoms with Crippen molar-refractivity contribution in [2.24, 2.45) is 0 Å². The molecule has 0 unspecified atom stereocenters. The Labute approximate surface area is 139 Å². The highest BCUT2D eigenvalue weighted by Crippen LogP contribution is 2.44. The van der Waals surface area contributed by atoms with E-state index >= 15 is 0 Å². The van der Waals surface area contributed by atoms with Crippen LogP contribution in [0.5, 0.6) is 0 Å². The van der Waals surface area contributed by atoms with Crippen molar-refractivity contribution in [1.82, 2.24) is 9.96 Å². The summed E-state index contributed by atoms with van der Waals surface area (Å²) in [7, 11) is 0. The van der Waals surface area contributed by atoms with Gasteiger partial charge in [0.2, 0.25) is 5.91 Å². The van der Waals surface area contributed by atoms with Gasteiger partial charge in [-0.2, -0.15) is 0 Å². The number of nitrogens with zero attached hydrogens (tertiary/aromatic N) is 2. The molecule has 4 nitrogen and oxygen atoms in total. The van der Waals surface area contributed by atoms with Gasteiger partial charge in [0.05, 0.1) is 11.6 Å². The zero-order valence-corrected chi connectivity index (χ0v) is 14.4. The minimum absolute atomic E-state index is 0.00419. The molecule has 1 radical (unpaired) electrons. The van der Waals surface area contributed by atoms with Gasteiger partial charge < -0.3 is 4.90 Å². The predicted molar refractivity (Wildman–Crippen MR) is 89.0 cm³/mol. The highest BCUT2D eigenvalue weighted by Gasteiger charge is 2.57. The summed E-state index contributed by atoms with van der Waals surface area (Å²) < 4.78 is 0. The monoisotopic (exact) mass is 315 g/mol. The van der Waals surface area contributed by atoms with E-state index in [0.29, 0.717) is 19.4 Å². The fourth-order valence-corrected chi connectivity index (χ4v) is 4.26. The number of hydrogen-bond donors (Lipinski definition) is 0. The smallest absolute Gasteiger partial charge is 0.246 e. The highest BCUT2D eigenvalue weighted by atomic mass is 16.5. The molecule has 0 bridgehead atoms. The van der Waals surface area contributed by atoms with E-state index in [2.05, 4.69) is 19.1 Å². The van der Waals surface area contributed by atoms with Crippen LogP contribution < -0.4 is 0 Å². The summed E-state index contributed by atoms with van der Waals surface area (Å²) >= 11 is 0. The topological polar surface area (TPSA) is 43.5 Å². The summed E-state index contributed by atoms with van der Waals surface area (Å²) in [6, 6.07) is 10.1. The first-order valence-electron chi connectivity index (χ1n) is 8.72. The Morgan fingerprint density at radius 1 is 1.04 bits per heavy atom. The van der Waals surface area contributed by atoms with Gasteiger partial charge in [-0.1, -0.05) is 49.6 Å². The van der Waals surface area contributed by atoms with E-state index in [0.717, 1.165) is 29.9 Å². The van der Waals surface area contributed by atoms with Gasteiger partial charge in [0.25, 0.3) is 0 Å². The molecule has 1 saturated carbocycles. The lowest BCUT2D eigenvalue weighted by atomic mass is 9.75. The summed E-state index contributed by atoms with van der Waals surface area (Å²) in [5.41, 5.74) is -0.265. The molecule has 23 heavy (non-hydrogen) atoms. The summed E-state index contributed by atoms with van der Waals surface area (Å²) in [6.45, 7) is 6.48. The minimum Gasteiger partial charge on any atom is -0.332 e. The number of carbonyl (C=O) groups is 1. The number of rotatable bonds is 2. The summed E-state index contributed by atoms with van der Waals surface area (Å²) in [4.78, 5) is 15.2. The van der Waals surface area contributed by atoms with E-state index < -0.39 is 11.1 Å². The Kier molecular flexibility index (Phi) is 4.23. The Balaban J connectivity index is 1.96. The Morgan fingerprint density at radius 2 is 1.65 bits per heavy atom. The fourth-order valence-electron chi connectivity index (χ4n) is 4.26. The van der Waals surface area contributed by atoms with Gasteiger partial charge in [0.15, 0.2) is 0 Å².